The Hall–Kier alpha value is -1.60. The van der Waals surface area contributed by atoms with Crippen LogP contribution in [0.15, 0.2) is 18.2 Å². The van der Waals surface area contributed by atoms with E-state index in [1.54, 1.807) is 11.8 Å². The molecule has 0 fully saturated rings. The molecule has 1 aromatic rings. The first-order valence-corrected chi connectivity index (χ1v) is 6.93. The minimum Gasteiger partial charge on any atom is -0.478 e. The van der Waals surface area contributed by atoms with E-state index < -0.39 is 23.7 Å². The van der Waals surface area contributed by atoms with Gasteiger partial charge >= 0.3 is 5.97 Å². The molecule has 0 saturated heterocycles. The molecule has 0 unspecified atom stereocenters. The number of carboxylic acid groups (broad SMARTS) is 1. The van der Waals surface area contributed by atoms with Crippen molar-refractivity contribution in [1.82, 2.24) is 0 Å². The lowest BCUT2D eigenvalue weighted by Gasteiger charge is -2.13. The van der Waals surface area contributed by atoms with Gasteiger partial charge in [0.05, 0.1) is 17.3 Å². The molecule has 104 valence electrons. The summed E-state index contributed by atoms with van der Waals surface area (Å²) in [6.45, 7) is 0. The number of amides is 1. The van der Waals surface area contributed by atoms with Crippen LogP contribution in [-0.4, -0.2) is 35.0 Å². The van der Waals surface area contributed by atoms with Gasteiger partial charge in [0.2, 0.25) is 5.91 Å². The summed E-state index contributed by atoms with van der Waals surface area (Å²) in [6.07, 6.45) is 2.38. The van der Waals surface area contributed by atoms with Gasteiger partial charge in [-0.3, -0.25) is 4.79 Å². The number of hydrogen-bond donors (Lipinski definition) is 3. The zero-order valence-corrected chi connectivity index (χ0v) is 11.2. The summed E-state index contributed by atoms with van der Waals surface area (Å²) < 4.78 is 13.0. The molecule has 0 radical (unpaired) electrons. The standard InChI is InChI=1S/C12H15FN2O3S/c1-19-5-4-9(14)11(16)15-10-3-2-7(13)6-8(10)12(17)18/h2-3,6,9H,4-5,14H2,1H3,(H,15,16)(H,17,18)/t9-/m0/s1. The highest BCUT2D eigenvalue weighted by Crippen LogP contribution is 2.17. The smallest absolute Gasteiger partial charge is 0.337 e. The van der Waals surface area contributed by atoms with Crippen LogP contribution in [0.3, 0.4) is 0 Å². The number of nitrogens with two attached hydrogens (primary N) is 1. The Morgan fingerprint density at radius 1 is 1.53 bits per heavy atom. The van der Waals surface area contributed by atoms with Gasteiger partial charge in [-0.15, -0.1) is 0 Å². The Bertz CT molecular complexity index is 482. The molecule has 0 saturated carbocycles. The van der Waals surface area contributed by atoms with Gasteiger partial charge in [-0.1, -0.05) is 0 Å². The Morgan fingerprint density at radius 3 is 2.79 bits per heavy atom. The predicted octanol–water partition coefficient (Wildman–Crippen LogP) is 1.54. The van der Waals surface area contributed by atoms with E-state index in [1.807, 2.05) is 6.26 Å². The number of rotatable bonds is 6. The number of halogens is 1. The van der Waals surface area contributed by atoms with Crippen LogP contribution in [0.4, 0.5) is 10.1 Å². The third-order valence-electron chi connectivity index (χ3n) is 2.44. The van der Waals surface area contributed by atoms with Crippen LogP contribution in [0.2, 0.25) is 0 Å². The number of carbonyl (C=O) groups is 2. The average molecular weight is 286 g/mol. The van der Waals surface area contributed by atoms with Crippen molar-refractivity contribution in [3.8, 4) is 0 Å². The summed E-state index contributed by atoms with van der Waals surface area (Å²) in [5.41, 5.74) is 5.40. The van der Waals surface area contributed by atoms with Crippen molar-refractivity contribution >= 4 is 29.3 Å². The van der Waals surface area contributed by atoms with Crippen molar-refractivity contribution in [1.29, 1.82) is 0 Å². The Labute approximate surface area is 114 Å². The molecule has 1 atom stereocenters. The van der Waals surface area contributed by atoms with Crippen LogP contribution >= 0.6 is 11.8 Å². The van der Waals surface area contributed by atoms with Crippen molar-refractivity contribution < 1.29 is 19.1 Å². The van der Waals surface area contributed by atoms with Gasteiger partial charge in [0.25, 0.3) is 0 Å². The Morgan fingerprint density at radius 2 is 2.21 bits per heavy atom. The molecule has 0 heterocycles. The van der Waals surface area contributed by atoms with Gasteiger partial charge in [-0.25, -0.2) is 9.18 Å². The molecule has 1 amide bonds. The van der Waals surface area contributed by atoms with E-state index in [2.05, 4.69) is 5.32 Å². The van der Waals surface area contributed by atoms with Crippen LogP contribution in [-0.2, 0) is 4.79 Å². The van der Waals surface area contributed by atoms with Crippen molar-refractivity contribution in [2.75, 3.05) is 17.3 Å². The monoisotopic (exact) mass is 286 g/mol. The molecule has 0 spiro atoms. The van der Waals surface area contributed by atoms with Crippen molar-refractivity contribution in [3.05, 3.63) is 29.6 Å². The number of benzene rings is 1. The molecule has 5 nitrogen and oxygen atoms in total. The molecular formula is C12H15FN2O3S. The number of anilines is 1. The minimum absolute atomic E-state index is 0.0403. The fourth-order valence-corrected chi connectivity index (χ4v) is 1.89. The van der Waals surface area contributed by atoms with Gasteiger partial charge < -0.3 is 16.2 Å². The van der Waals surface area contributed by atoms with Crippen molar-refractivity contribution in [2.45, 2.75) is 12.5 Å². The van der Waals surface area contributed by atoms with Crippen LogP contribution in [0.25, 0.3) is 0 Å². The summed E-state index contributed by atoms with van der Waals surface area (Å²) in [7, 11) is 0. The summed E-state index contributed by atoms with van der Waals surface area (Å²) in [6, 6.07) is 2.41. The van der Waals surface area contributed by atoms with Crippen LogP contribution in [0, 0.1) is 5.82 Å². The van der Waals surface area contributed by atoms with E-state index in [9.17, 15) is 14.0 Å². The zero-order valence-electron chi connectivity index (χ0n) is 10.4. The third-order valence-corrected chi connectivity index (χ3v) is 3.08. The molecule has 7 heteroatoms. The highest BCUT2D eigenvalue weighted by atomic mass is 32.2. The van der Waals surface area contributed by atoms with Gasteiger partial charge in [-0.05, 0) is 36.6 Å². The number of thioether (sulfide) groups is 1. The lowest BCUT2D eigenvalue weighted by atomic mass is 10.1. The second-order valence-corrected chi connectivity index (χ2v) is 4.86. The largest absolute Gasteiger partial charge is 0.478 e. The molecular weight excluding hydrogens is 271 g/mol. The Kier molecular flexibility index (Phi) is 5.78. The second-order valence-electron chi connectivity index (χ2n) is 3.87. The predicted molar refractivity (Wildman–Crippen MR) is 73.0 cm³/mol. The fourth-order valence-electron chi connectivity index (χ4n) is 1.40. The van der Waals surface area contributed by atoms with Crippen LogP contribution in [0.1, 0.15) is 16.8 Å². The van der Waals surface area contributed by atoms with E-state index in [4.69, 9.17) is 10.8 Å². The average Bonchev–Trinajstić information content (AvgIpc) is 2.37. The quantitative estimate of drug-likeness (QED) is 0.737. The number of aromatic carboxylic acids is 1. The number of carbonyl (C=O) groups excluding carboxylic acids is 1. The SMILES string of the molecule is CSCC[C@H](N)C(=O)Nc1ccc(F)cc1C(=O)O. The van der Waals surface area contributed by atoms with E-state index in [-0.39, 0.29) is 11.3 Å². The van der Waals surface area contributed by atoms with E-state index in [1.165, 1.54) is 6.07 Å². The Balaban J connectivity index is 2.81. The highest BCUT2D eigenvalue weighted by molar-refractivity contribution is 7.98. The van der Waals surface area contributed by atoms with Gasteiger partial charge in [0.1, 0.15) is 5.82 Å². The number of nitrogens with one attached hydrogen (secondary N) is 1. The molecule has 0 aliphatic carbocycles. The molecule has 1 rings (SSSR count). The first-order valence-electron chi connectivity index (χ1n) is 5.54. The minimum atomic E-state index is -1.31. The zero-order chi connectivity index (χ0) is 14.4. The number of carboxylic acids is 1. The molecule has 0 aliphatic heterocycles. The van der Waals surface area contributed by atoms with Crippen molar-refractivity contribution in [3.63, 3.8) is 0 Å². The normalized spacial score (nSPS) is 11.9. The maximum absolute atomic E-state index is 13.0. The molecule has 0 bridgehead atoms. The maximum Gasteiger partial charge on any atom is 0.337 e. The van der Waals surface area contributed by atoms with E-state index in [0.29, 0.717) is 6.42 Å². The van der Waals surface area contributed by atoms with Crippen LogP contribution in [0.5, 0.6) is 0 Å². The van der Waals surface area contributed by atoms with E-state index in [0.717, 1.165) is 17.9 Å². The summed E-state index contributed by atoms with van der Waals surface area (Å²) >= 11 is 1.56. The van der Waals surface area contributed by atoms with E-state index >= 15 is 0 Å². The molecule has 0 aromatic heterocycles. The molecule has 1 aromatic carbocycles. The lowest BCUT2D eigenvalue weighted by Crippen LogP contribution is -2.36. The fraction of sp³-hybridized carbons (Fsp3) is 0.333. The van der Waals surface area contributed by atoms with Gasteiger partial charge in [0.15, 0.2) is 0 Å². The summed E-state index contributed by atoms with van der Waals surface area (Å²) in [4.78, 5) is 22.7. The topological polar surface area (TPSA) is 92.4 Å². The molecule has 19 heavy (non-hydrogen) atoms. The molecule has 0 aliphatic rings. The number of hydrogen-bond acceptors (Lipinski definition) is 4. The maximum atomic E-state index is 13.0. The lowest BCUT2D eigenvalue weighted by molar-refractivity contribution is -0.117. The van der Waals surface area contributed by atoms with Crippen LogP contribution < -0.4 is 11.1 Å². The van der Waals surface area contributed by atoms with Gasteiger partial charge in [0, 0.05) is 0 Å². The summed E-state index contributed by atoms with van der Waals surface area (Å²) in [5, 5.41) is 11.3. The highest BCUT2D eigenvalue weighted by Gasteiger charge is 2.17. The second kappa shape index (κ2) is 7.10. The molecule has 4 N–H and O–H groups in total. The third kappa shape index (κ3) is 4.53. The van der Waals surface area contributed by atoms with Crippen molar-refractivity contribution in [2.24, 2.45) is 5.73 Å². The summed E-state index contributed by atoms with van der Waals surface area (Å²) in [5.74, 6) is -1.75. The first kappa shape index (κ1) is 15.5. The van der Waals surface area contributed by atoms with Gasteiger partial charge in [-0.2, -0.15) is 11.8 Å². The first-order chi connectivity index (χ1) is 8.95.